The number of nitrogens with zero attached hydrogens (tertiary/aromatic N) is 2. The highest BCUT2D eigenvalue weighted by molar-refractivity contribution is 7.98. The van der Waals surface area contributed by atoms with Crippen molar-refractivity contribution in [3.05, 3.63) is 60.4 Å². The van der Waals surface area contributed by atoms with Crippen molar-refractivity contribution in [1.82, 2.24) is 9.55 Å². The topological polar surface area (TPSA) is 65.4 Å². The Morgan fingerprint density at radius 2 is 2.00 bits per heavy atom. The smallest absolute Gasteiger partial charge is 0.255 e. The Balaban J connectivity index is 1.88. The van der Waals surface area contributed by atoms with Crippen LogP contribution in [0.5, 0.6) is 11.5 Å². The molecule has 0 fully saturated rings. The zero-order chi connectivity index (χ0) is 18.5. The fourth-order valence-corrected chi connectivity index (χ4v) is 3.07. The van der Waals surface area contributed by atoms with Gasteiger partial charge in [-0.2, -0.15) is 0 Å². The van der Waals surface area contributed by atoms with Gasteiger partial charge in [-0.15, -0.1) is 0 Å². The second-order valence-electron chi connectivity index (χ2n) is 5.35. The molecule has 0 atom stereocenters. The number of carbonyl (C=O) groups is 1. The van der Waals surface area contributed by atoms with Gasteiger partial charge in [-0.05, 0) is 36.6 Å². The molecule has 134 valence electrons. The van der Waals surface area contributed by atoms with E-state index in [1.54, 1.807) is 56.4 Å². The van der Waals surface area contributed by atoms with E-state index in [4.69, 9.17) is 9.47 Å². The number of thioether (sulfide) groups is 1. The van der Waals surface area contributed by atoms with Crippen molar-refractivity contribution in [1.29, 1.82) is 0 Å². The van der Waals surface area contributed by atoms with Crippen LogP contribution < -0.4 is 14.8 Å². The van der Waals surface area contributed by atoms with Crippen LogP contribution in [0, 0.1) is 0 Å². The van der Waals surface area contributed by atoms with E-state index in [0.29, 0.717) is 22.7 Å². The third-order valence-corrected chi connectivity index (χ3v) is 4.50. The molecule has 0 aliphatic carbocycles. The van der Waals surface area contributed by atoms with E-state index in [1.807, 2.05) is 35.2 Å². The Kier molecular flexibility index (Phi) is 5.48. The van der Waals surface area contributed by atoms with Crippen LogP contribution in [0.3, 0.4) is 0 Å². The lowest BCUT2D eigenvalue weighted by molar-refractivity contribution is 0.102. The third-order valence-electron chi connectivity index (χ3n) is 3.83. The summed E-state index contributed by atoms with van der Waals surface area (Å²) in [5, 5.41) is 3.74. The highest BCUT2D eigenvalue weighted by Crippen LogP contribution is 2.29. The highest BCUT2D eigenvalue weighted by atomic mass is 32.2. The summed E-state index contributed by atoms with van der Waals surface area (Å²) >= 11 is 1.54. The van der Waals surface area contributed by atoms with Crippen molar-refractivity contribution in [2.45, 2.75) is 5.16 Å². The van der Waals surface area contributed by atoms with Gasteiger partial charge in [0.05, 0.1) is 19.9 Å². The normalized spacial score (nSPS) is 10.4. The van der Waals surface area contributed by atoms with Gasteiger partial charge in [-0.25, -0.2) is 4.98 Å². The van der Waals surface area contributed by atoms with Crippen molar-refractivity contribution in [2.24, 2.45) is 0 Å². The first-order chi connectivity index (χ1) is 12.7. The highest BCUT2D eigenvalue weighted by Gasteiger charge is 2.12. The molecule has 1 aromatic heterocycles. The van der Waals surface area contributed by atoms with Gasteiger partial charge < -0.3 is 14.8 Å². The SMILES string of the molecule is COc1ccc(OC)c(NC(=O)c2cccc(-n3ccnc3SC)c2)c1. The quantitative estimate of drug-likeness (QED) is 0.668. The first-order valence-corrected chi connectivity index (χ1v) is 9.10. The number of nitrogens with one attached hydrogen (secondary N) is 1. The largest absolute Gasteiger partial charge is 0.497 e. The van der Waals surface area contributed by atoms with E-state index in [-0.39, 0.29) is 5.91 Å². The molecule has 3 aromatic rings. The second-order valence-corrected chi connectivity index (χ2v) is 6.13. The second kappa shape index (κ2) is 7.97. The number of aromatic nitrogens is 2. The first kappa shape index (κ1) is 17.9. The van der Waals surface area contributed by atoms with E-state index in [2.05, 4.69) is 10.3 Å². The van der Waals surface area contributed by atoms with Gasteiger partial charge >= 0.3 is 0 Å². The van der Waals surface area contributed by atoms with Gasteiger partial charge in [0.2, 0.25) is 0 Å². The minimum atomic E-state index is -0.232. The molecule has 26 heavy (non-hydrogen) atoms. The van der Waals surface area contributed by atoms with Crippen molar-refractivity contribution in [2.75, 3.05) is 25.8 Å². The van der Waals surface area contributed by atoms with E-state index >= 15 is 0 Å². The number of ether oxygens (including phenoxy) is 2. The minimum absolute atomic E-state index is 0.232. The Labute approximate surface area is 156 Å². The Morgan fingerprint density at radius 3 is 2.73 bits per heavy atom. The van der Waals surface area contributed by atoms with Gasteiger partial charge in [-0.1, -0.05) is 17.8 Å². The number of methoxy groups -OCH3 is 2. The zero-order valence-electron chi connectivity index (χ0n) is 14.7. The van der Waals surface area contributed by atoms with Crippen molar-refractivity contribution in [3.63, 3.8) is 0 Å². The van der Waals surface area contributed by atoms with E-state index in [9.17, 15) is 4.79 Å². The van der Waals surface area contributed by atoms with E-state index in [1.165, 1.54) is 0 Å². The molecule has 0 aliphatic heterocycles. The molecule has 2 aromatic carbocycles. The van der Waals surface area contributed by atoms with Crippen molar-refractivity contribution in [3.8, 4) is 17.2 Å². The summed E-state index contributed by atoms with van der Waals surface area (Å²) in [6.07, 6.45) is 5.57. The molecule has 0 saturated heterocycles. The van der Waals surface area contributed by atoms with Crippen molar-refractivity contribution >= 4 is 23.4 Å². The van der Waals surface area contributed by atoms with Crippen LogP contribution in [0.2, 0.25) is 0 Å². The number of amides is 1. The van der Waals surface area contributed by atoms with Crippen LogP contribution in [0.4, 0.5) is 5.69 Å². The average molecular weight is 369 g/mol. The summed E-state index contributed by atoms with van der Waals surface area (Å²) < 4.78 is 12.5. The Morgan fingerprint density at radius 1 is 1.15 bits per heavy atom. The van der Waals surface area contributed by atoms with Crippen LogP contribution in [0.15, 0.2) is 60.0 Å². The van der Waals surface area contributed by atoms with Gasteiger partial charge in [0, 0.05) is 29.7 Å². The minimum Gasteiger partial charge on any atom is -0.497 e. The molecule has 6 nitrogen and oxygen atoms in total. The lowest BCUT2D eigenvalue weighted by Crippen LogP contribution is -2.13. The van der Waals surface area contributed by atoms with Crippen LogP contribution in [0.25, 0.3) is 5.69 Å². The number of hydrogen-bond donors (Lipinski definition) is 1. The number of carbonyl (C=O) groups excluding carboxylic acids is 1. The van der Waals surface area contributed by atoms with Crippen LogP contribution in [0.1, 0.15) is 10.4 Å². The monoisotopic (exact) mass is 369 g/mol. The maximum Gasteiger partial charge on any atom is 0.255 e. The predicted octanol–water partition coefficient (Wildman–Crippen LogP) is 3.86. The summed E-state index contributed by atoms with van der Waals surface area (Å²) in [5.74, 6) is 0.969. The molecule has 1 heterocycles. The maximum absolute atomic E-state index is 12.7. The van der Waals surface area contributed by atoms with E-state index < -0.39 is 0 Å². The number of rotatable bonds is 6. The maximum atomic E-state index is 12.7. The molecule has 3 rings (SSSR count). The molecule has 0 aliphatic rings. The fraction of sp³-hybridized carbons (Fsp3) is 0.158. The predicted molar refractivity (Wildman–Crippen MR) is 103 cm³/mol. The number of benzene rings is 2. The molecular formula is C19H19N3O3S. The molecule has 0 saturated carbocycles. The summed E-state index contributed by atoms with van der Waals surface area (Å²) in [6.45, 7) is 0. The van der Waals surface area contributed by atoms with E-state index in [0.717, 1.165) is 10.8 Å². The summed E-state index contributed by atoms with van der Waals surface area (Å²) in [7, 11) is 3.13. The van der Waals surface area contributed by atoms with Crippen LogP contribution in [-0.2, 0) is 0 Å². The lowest BCUT2D eigenvalue weighted by atomic mass is 10.1. The van der Waals surface area contributed by atoms with Gasteiger partial charge in [0.1, 0.15) is 11.5 Å². The molecule has 1 amide bonds. The molecule has 0 unspecified atom stereocenters. The Bertz CT molecular complexity index is 924. The van der Waals surface area contributed by atoms with Gasteiger partial charge in [-0.3, -0.25) is 9.36 Å². The molecule has 7 heteroatoms. The fourth-order valence-electron chi connectivity index (χ4n) is 2.54. The molecular weight excluding hydrogens is 350 g/mol. The number of anilines is 1. The lowest BCUT2D eigenvalue weighted by Gasteiger charge is -2.12. The van der Waals surface area contributed by atoms with Crippen LogP contribution >= 0.6 is 11.8 Å². The standard InChI is InChI=1S/C19H19N3O3S/c1-24-15-7-8-17(25-2)16(12-15)21-18(23)13-5-4-6-14(11-13)22-10-9-20-19(22)26-3/h4-12H,1-3H3,(H,21,23). The summed E-state index contributed by atoms with van der Waals surface area (Å²) in [4.78, 5) is 17.0. The summed E-state index contributed by atoms with van der Waals surface area (Å²) in [5.41, 5.74) is 1.96. The van der Waals surface area contributed by atoms with Gasteiger partial charge in [0.15, 0.2) is 5.16 Å². The first-order valence-electron chi connectivity index (χ1n) is 7.87. The summed E-state index contributed by atoms with van der Waals surface area (Å²) in [6, 6.07) is 12.6. The number of hydrogen-bond acceptors (Lipinski definition) is 5. The Hall–Kier alpha value is -2.93. The van der Waals surface area contributed by atoms with Crippen LogP contribution in [-0.4, -0.2) is 35.9 Å². The third kappa shape index (κ3) is 3.67. The average Bonchev–Trinajstić information content (AvgIpc) is 3.16. The number of imidazole rings is 1. The van der Waals surface area contributed by atoms with Crippen molar-refractivity contribution < 1.29 is 14.3 Å². The van der Waals surface area contributed by atoms with Gasteiger partial charge in [0.25, 0.3) is 5.91 Å². The molecule has 1 N–H and O–H groups in total. The molecule has 0 bridgehead atoms. The molecule has 0 radical (unpaired) electrons. The molecule has 0 spiro atoms. The zero-order valence-corrected chi connectivity index (χ0v) is 15.5.